The largest absolute Gasteiger partial charge is 0.489 e. The Morgan fingerprint density at radius 2 is 1.82 bits per heavy atom. The molecule has 8 heteroatoms. The van der Waals surface area contributed by atoms with Crippen LogP contribution in [0.2, 0.25) is 0 Å². The van der Waals surface area contributed by atoms with Gasteiger partial charge in [0.2, 0.25) is 0 Å². The molecule has 3 aliphatic heterocycles. The van der Waals surface area contributed by atoms with Gasteiger partial charge < -0.3 is 25.1 Å². The van der Waals surface area contributed by atoms with Gasteiger partial charge in [-0.2, -0.15) is 0 Å². The average molecular weight is 517 g/mol. The highest BCUT2D eigenvalue weighted by Gasteiger charge is 2.40. The molecule has 3 saturated heterocycles. The molecule has 3 fully saturated rings. The number of piperidine rings is 3. The molecular formula is C30H36N4O4. The van der Waals surface area contributed by atoms with Crippen molar-refractivity contribution < 1.29 is 14.3 Å². The second kappa shape index (κ2) is 11.9. The fourth-order valence-corrected chi connectivity index (χ4v) is 5.65. The van der Waals surface area contributed by atoms with E-state index in [0.717, 1.165) is 67.6 Å². The molecule has 1 unspecified atom stereocenters. The van der Waals surface area contributed by atoms with Gasteiger partial charge in [-0.25, -0.2) is 9.78 Å². The number of nitrogens with two attached hydrogens (primary N) is 1. The van der Waals surface area contributed by atoms with Crippen LogP contribution in [0.15, 0.2) is 65.7 Å². The van der Waals surface area contributed by atoms with E-state index >= 15 is 0 Å². The zero-order valence-corrected chi connectivity index (χ0v) is 21.7. The van der Waals surface area contributed by atoms with Crippen LogP contribution < -0.4 is 16.2 Å². The molecule has 0 radical (unpaired) electrons. The van der Waals surface area contributed by atoms with E-state index in [0.29, 0.717) is 18.9 Å². The van der Waals surface area contributed by atoms with Crippen molar-refractivity contribution in [3.05, 3.63) is 93.7 Å². The lowest BCUT2D eigenvalue weighted by Gasteiger charge is -2.47. The SMILES string of the molecule is NCCc1ccccc1C(CC(=O)OCC12CCN(CC1)CC2)c1ccc(OCc2cnc(=O)[nH]c2)cc1. The van der Waals surface area contributed by atoms with E-state index in [9.17, 15) is 9.59 Å². The lowest BCUT2D eigenvalue weighted by molar-refractivity contribution is -0.150. The number of nitrogens with zero attached hydrogens (tertiary/aromatic N) is 2. The normalized spacial score (nSPS) is 21.1. The fourth-order valence-electron chi connectivity index (χ4n) is 5.65. The van der Waals surface area contributed by atoms with E-state index in [1.807, 2.05) is 36.4 Å². The van der Waals surface area contributed by atoms with Crippen LogP contribution in [-0.2, 0) is 22.6 Å². The van der Waals surface area contributed by atoms with Crippen molar-refractivity contribution in [3.63, 3.8) is 0 Å². The molecule has 0 aliphatic carbocycles. The van der Waals surface area contributed by atoms with E-state index in [1.165, 1.54) is 6.20 Å². The minimum atomic E-state index is -0.388. The standard InChI is InChI=1S/C30H36N4O4/c31-13-9-23-3-1-2-4-26(23)27(17-28(35)38-21-30-10-14-34(15-11-30)16-12-30)24-5-7-25(8-6-24)37-20-22-18-32-29(36)33-19-22/h1-8,18-19,27H,9-17,20-21,31H2,(H,32,33,36). The Labute approximate surface area is 223 Å². The molecule has 0 amide bonds. The average Bonchev–Trinajstić information content (AvgIpc) is 2.97. The van der Waals surface area contributed by atoms with Gasteiger partial charge in [0.15, 0.2) is 0 Å². The van der Waals surface area contributed by atoms with E-state index in [-0.39, 0.29) is 36.0 Å². The van der Waals surface area contributed by atoms with Gasteiger partial charge in [0.25, 0.3) is 0 Å². The number of hydrogen-bond acceptors (Lipinski definition) is 7. The topological polar surface area (TPSA) is 111 Å². The monoisotopic (exact) mass is 516 g/mol. The van der Waals surface area contributed by atoms with Crippen molar-refractivity contribution in [2.75, 3.05) is 32.8 Å². The van der Waals surface area contributed by atoms with Crippen molar-refractivity contribution in [1.29, 1.82) is 0 Å². The summed E-state index contributed by atoms with van der Waals surface area (Å²) in [4.78, 5) is 33.2. The minimum Gasteiger partial charge on any atom is -0.489 e. The highest BCUT2D eigenvalue weighted by molar-refractivity contribution is 5.71. The number of nitrogens with one attached hydrogen (secondary N) is 1. The fraction of sp³-hybridized carbons (Fsp3) is 0.433. The molecule has 0 spiro atoms. The number of aromatic amines is 1. The third kappa shape index (κ3) is 6.31. The molecule has 38 heavy (non-hydrogen) atoms. The quantitative estimate of drug-likeness (QED) is 0.376. The first kappa shape index (κ1) is 26.1. The second-order valence-electron chi connectivity index (χ2n) is 10.5. The molecule has 2 bridgehead atoms. The third-order valence-corrected chi connectivity index (χ3v) is 8.05. The molecule has 8 nitrogen and oxygen atoms in total. The number of carbonyl (C=O) groups is 1. The molecule has 6 rings (SSSR count). The number of carbonyl (C=O) groups excluding carboxylic acids is 1. The molecule has 0 saturated carbocycles. The summed E-state index contributed by atoms with van der Waals surface area (Å²) in [6.07, 6.45) is 7.44. The predicted octanol–water partition coefficient (Wildman–Crippen LogP) is 3.40. The summed E-state index contributed by atoms with van der Waals surface area (Å²) >= 11 is 0. The molecule has 3 aromatic rings. The second-order valence-corrected chi connectivity index (χ2v) is 10.5. The van der Waals surface area contributed by atoms with Gasteiger partial charge in [0, 0.05) is 29.3 Å². The molecular weight excluding hydrogens is 480 g/mol. The van der Waals surface area contributed by atoms with E-state index in [4.69, 9.17) is 15.2 Å². The maximum absolute atomic E-state index is 13.2. The third-order valence-electron chi connectivity index (χ3n) is 8.05. The molecule has 3 N–H and O–H groups in total. The summed E-state index contributed by atoms with van der Waals surface area (Å²) in [5.74, 6) is 0.387. The molecule has 3 aliphatic rings. The Bertz CT molecular complexity index is 1250. The first-order valence-corrected chi connectivity index (χ1v) is 13.5. The first-order valence-electron chi connectivity index (χ1n) is 13.5. The molecule has 4 heterocycles. The van der Waals surface area contributed by atoms with Crippen LogP contribution in [0.25, 0.3) is 0 Å². The maximum atomic E-state index is 13.2. The van der Waals surface area contributed by atoms with Crippen LogP contribution in [0.5, 0.6) is 5.75 Å². The summed E-state index contributed by atoms with van der Waals surface area (Å²) in [6, 6.07) is 16.0. The number of rotatable bonds is 11. The summed E-state index contributed by atoms with van der Waals surface area (Å²) in [7, 11) is 0. The van der Waals surface area contributed by atoms with Crippen LogP contribution in [-0.4, -0.2) is 53.6 Å². The van der Waals surface area contributed by atoms with Gasteiger partial charge in [-0.15, -0.1) is 0 Å². The summed E-state index contributed by atoms with van der Waals surface area (Å²) in [6.45, 7) is 4.68. The van der Waals surface area contributed by atoms with Crippen molar-refractivity contribution >= 4 is 5.97 Å². The number of hydrogen-bond donors (Lipinski definition) is 2. The zero-order valence-electron chi connectivity index (χ0n) is 21.7. The Hall–Kier alpha value is -3.49. The lowest BCUT2D eigenvalue weighted by Crippen LogP contribution is -2.50. The van der Waals surface area contributed by atoms with Crippen LogP contribution in [0.4, 0.5) is 0 Å². The smallest absolute Gasteiger partial charge is 0.344 e. The molecule has 2 aromatic carbocycles. The Kier molecular flexibility index (Phi) is 8.20. The highest BCUT2D eigenvalue weighted by Crippen LogP contribution is 2.40. The van der Waals surface area contributed by atoms with Gasteiger partial charge in [-0.3, -0.25) is 4.79 Å². The van der Waals surface area contributed by atoms with Crippen LogP contribution in [0.1, 0.15) is 53.9 Å². The lowest BCUT2D eigenvalue weighted by atomic mass is 9.73. The molecule has 1 atom stereocenters. The van der Waals surface area contributed by atoms with Crippen LogP contribution in [0, 0.1) is 5.41 Å². The van der Waals surface area contributed by atoms with Crippen molar-refractivity contribution in [1.82, 2.24) is 14.9 Å². The van der Waals surface area contributed by atoms with E-state index in [1.54, 1.807) is 6.20 Å². The minimum absolute atomic E-state index is 0.145. The van der Waals surface area contributed by atoms with Crippen molar-refractivity contribution in [2.24, 2.45) is 11.1 Å². The number of ether oxygens (including phenoxy) is 2. The summed E-state index contributed by atoms with van der Waals surface area (Å²) in [5, 5.41) is 0. The van der Waals surface area contributed by atoms with Gasteiger partial charge in [0.05, 0.1) is 13.0 Å². The number of esters is 1. The Morgan fingerprint density at radius 1 is 1.08 bits per heavy atom. The predicted molar refractivity (Wildman–Crippen MR) is 145 cm³/mol. The maximum Gasteiger partial charge on any atom is 0.344 e. The van der Waals surface area contributed by atoms with Gasteiger partial charge >= 0.3 is 11.7 Å². The molecule has 200 valence electrons. The Balaban J connectivity index is 1.30. The molecule has 1 aromatic heterocycles. The number of aromatic nitrogens is 2. The highest BCUT2D eigenvalue weighted by atomic mass is 16.5. The van der Waals surface area contributed by atoms with Gasteiger partial charge in [-0.1, -0.05) is 36.4 Å². The van der Waals surface area contributed by atoms with E-state index in [2.05, 4.69) is 27.0 Å². The summed E-state index contributed by atoms with van der Waals surface area (Å²) in [5.41, 5.74) is 9.72. The van der Waals surface area contributed by atoms with Crippen molar-refractivity contribution in [2.45, 2.75) is 44.6 Å². The van der Waals surface area contributed by atoms with Crippen LogP contribution in [0.3, 0.4) is 0 Å². The van der Waals surface area contributed by atoms with Crippen molar-refractivity contribution in [3.8, 4) is 5.75 Å². The number of benzene rings is 2. The van der Waals surface area contributed by atoms with E-state index < -0.39 is 0 Å². The zero-order chi connectivity index (χ0) is 26.4. The number of fused-ring (bicyclic) bond motifs is 3. The van der Waals surface area contributed by atoms with Gasteiger partial charge in [0.1, 0.15) is 12.4 Å². The summed E-state index contributed by atoms with van der Waals surface area (Å²) < 4.78 is 11.8. The Morgan fingerprint density at radius 3 is 2.50 bits per heavy atom. The first-order chi connectivity index (χ1) is 18.5. The van der Waals surface area contributed by atoms with Crippen LogP contribution >= 0.6 is 0 Å². The number of H-pyrrole nitrogens is 1. The van der Waals surface area contributed by atoms with Gasteiger partial charge in [-0.05, 0) is 80.7 Å².